The van der Waals surface area contributed by atoms with E-state index in [2.05, 4.69) is 5.32 Å². The van der Waals surface area contributed by atoms with Gasteiger partial charge in [-0.3, -0.25) is 0 Å². The number of nitrogens with zero attached hydrogens (tertiary/aromatic N) is 1. The molecule has 0 saturated heterocycles. The lowest BCUT2D eigenvalue weighted by molar-refractivity contribution is 0.230. The summed E-state index contributed by atoms with van der Waals surface area (Å²) in [5, 5.41) is 2.84. The van der Waals surface area contributed by atoms with Crippen LogP contribution in [0.3, 0.4) is 0 Å². The minimum absolute atomic E-state index is 0.125. The maximum atomic E-state index is 11.6. The number of carbonyl (C=O) groups is 1. The van der Waals surface area contributed by atoms with Gasteiger partial charge in [0.05, 0.1) is 0 Å². The second-order valence-corrected chi connectivity index (χ2v) is 4.27. The van der Waals surface area contributed by atoms with E-state index in [0.717, 1.165) is 16.8 Å². The first-order valence-corrected chi connectivity index (χ1v) is 5.80. The van der Waals surface area contributed by atoms with E-state index in [1.54, 1.807) is 14.1 Å². The van der Waals surface area contributed by atoms with Crippen molar-refractivity contribution in [2.45, 2.75) is 0 Å². The van der Waals surface area contributed by atoms with Crippen molar-refractivity contribution in [1.82, 2.24) is 4.90 Å². The van der Waals surface area contributed by atoms with Crippen LogP contribution < -0.4 is 5.32 Å². The summed E-state index contributed by atoms with van der Waals surface area (Å²) in [5.41, 5.74) is 3.03. The van der Waals surface area contributed by atoms with Crippen LogP contribution in [0, 0.1) is 0 Å². The molecule has 2 rings (SSSR count). The molecule has 1 N–H and O–H groups in total. The zero-order chi connectivity index (χ0) is 13.0. The lowest BCUT2D eigenvalue weighted by atomic mass is 10.1. The van der Waals surface area contributed by atoms with Crippen molar-refractivity contribution in [2.24, 2.45) is 0 Å². The second-order valence-electron chi connectivity index (χ2n) is 4.27. The van der Waals surface area contributed by atoms with Gasteiger partial charge in [-0.2, -0.15) is 0 Å². The van der Waals surface area contributed by atoms with Gasteiger partial charge < -0.3 is 10.2 Å². The summed E-state index contributed by atoms with van der Waals surface area (Å²) in [5.74, 6) is 0. The van der Waals surface area contributed by atoms with Crippen LogP contribution in [-0.2, 0) is 0 Å². The highest BCUT2D eigenvalue weighted by molar-refractivity contribution is 5.89. The summed E-state index contributed by atoms with van der Waals surface area (Å²) in [6.45, 7) is 0. The number of amides is 2. The molecule has 0 atom stereocenters. The van der Waals surface area contributed by atoms with Crippen LogP contribution in [0.2, 0.25) is 0 Å². The van der Waals surface area contributed by atoms with Crippen molar-refractivity contribution in [3.63, 3.8) is 0 Å². The molecule has 2 aromatic rings. The van der Waals surface area contributed by atoms with E-state index in [9.17, 15) is 4.79 Å². The number of benzene rings is 2. The van der Waals surface area contributed by atoms with Gasteiger partial charge in [-0.15, -0.1) is 0 Å². The SMILES string of the molecule is CN(C)C(=O)Nc1cccc(-c2ccccc2)c1. The third-order valence-electron chi connectivity index (χ3n) is 2.63. The fourth-order valence-corrected chi connectivity index (χ4v) is 1.64. The third-order valence-corrected chi connectivity index (χ3v) is 2.63. The van der Waals surface area contributed by atoms with Crippen LogP contribution in [0.4, 0.5) is 10.5 Å². The lowest BCUT2D eigenvalue weighted by Crippen LogP contribution is -2.27. The number of urea groups is 1. The Kier molecular flexibility index (Phi) is 3.63. The molecule has 3 heteroatoms. The molecule has 0 aliphatic heterocycles. The smallest absolute Gasteiger partial charge is 0.321 e. The van der Waals surface area contributed by atoms with E-state index in [1.807, 2.05) is 54.6 Å². The molecule has 0 saturated carbocycles. The number of hydrogen-bond donors (Lipinski definition) is 1. The number of hydrogen-bond acceptors (Lipinski definition) is 1. The van der Waals surface area contributed by atoms with E-state index in [-0.39, 0.29) is 6.03 Å². The molecule has 2 amide bonds. The van der Waals surface area contributed by atoms with Crippen LogP contribution in [0.15, 0.2) is 54.6 Å². The van der Waals surface area contributed by atoms with Crippen molar-refractivity contribution >= 4 is 11.7 Å². The predicted molar refractivity (Wildman–Crippen MR) is 74.6 cm³/mol. The fourth-order valence-electron chi connectivity index (χ4n) is 1.64. The summed E-state index contributed by atoms with van der Waals surface area (Å²) >= 11 is 0. The molecule has 0 aliphatic carbocycles. The van der Waals surface area contributed by atoms with E-state index >= 15 is 0 Å². The first kappa shape index (κ1) is 12.2. The van der Waals surface area contributed by atoms with Crippen LogP contribution in [0.1, 0.15) is 0 Å². The molecule has 0 aliphatic rings. The minimum Gasteiger partial charge on any atom is -0.331 e. The standard InChI is InChI=1S/C15H16N2O/c1-17(2)15(18)16-14-10-6-9-13(11-14)12-7-4-3-5-8-12/h3-11H,1-2H3,(H,16,18). The number of carbonyl (C=O) groups excluding carboxylic acids is 1. The Morgan fingerprint density at radius 3 is 2.28 bits per heavy atom. The molecule has 3 nitrogen and oxygen atoms in total. The number of anilines is 1. The number of rotatable bonds is 2. The fraction of sp³-hybridized carbons (Fsp3) is 0.133. The molecule has 2 aromatic carbocycles. The molecule has 0 radical (unpaired) electrons. The lowest BCUT2D eigenvalue weighted by Gasteiger charge is -2.12. The zero-order valence-corrected chi connectivity index (χ0v) is 10.6. The Hall–Kier alpha value is -2.29. The molecule has 92 valence electrons. The number of nitrogens with one attached hydrogen (secondary N) is 1. The average molecular weight is 240 g/mol. The molecule has 0 unspecified atom stereocenters. The van der Waals surface area contributed by atoms with Gasteiger partial charge in [0.15, 0.2) is 0 Å². The van der Waals surface area contributed by atoms with Gasteiger partial charge in [-0.1, -0.05) is 42.5 Å². The van der Waals surface area contributed by atoms with Crippen molar-refractivity contribution in [2.75, 3.05) is 19.4 Å². The largest absolute Gasteiger partial charge is 0.331 e. The second kappa shape index (κ2) is 5.36. The van der Waals surface area contributed by atoms with Crippen molar-refractivity contribution in [3.05, 3.63) is 54.6 Å². The Morgan fingerprint density at radius 2 is 1.61 bits per heavy atom. The first-order chi connectivity index (χ1) is 8.66. The highest BCUT2D eigenvalue weighted by atomic mass is 16.2. The summed E-state index contributed by atoms with van der Waals surface area (Å²) in [6, 6.07) is 17.8. The van der Waals surface area contributed by atoms with Crippen LogP contribution in [-0.4, -0.2) is 25.0 Å². The molecule has 0 bridgehead atoms. The van der Waals surface area contributed by atoms with Crippen molar-refractivity contribution in [3.8, 4) is 11.1 Å². The summed E-state index contributed by atoms with van der Waals surface area (Å²) in [4.78, 5) is 13.1. The maximum absolute atomic E-state index is 11.6. The van der Waals surface area contributed by atoms with Gasteiger partial charge in [-0.05, 0) is 23.3 Å². The highest BCUT2D eigenvalue weighted by Gasteiger charge is 2.04. The molecule has 0 aromatic heterocycles. The zero-order valence-electron chi connectivity index (χ0n) is 10.6. The molecule has 18 heavy (non-hydrogen) atoms. The van der Waals surface area contributed by atoms with E-state index < -0.39 is 0 Å². The average Bonchev–Trinajstić information content (AvgIpc) is 2.40. The first-order valence-electron chi connectivity index (χ1n) is 5.80. The summed E-state index contributed by atoms with van der Waals surface area (Å²) < 4.78 is 0. The Labute approximate surface area is 107 Å². The third kappa shape index (κ3) is 2.88. The van der Waals surface area contributed by atoms with Crippen molar-refractivity contribution in [1.29, 1.82) is 0 Å². The summed E-state index contributed by atoms with van der Waals surface area (Å²) in [7, 11) is 3.44. The topological polar surface area (TPSA) is 32.3 Å². The Morgan fingerprint density at radius 1 is 0.944 bits per heavy atom. The van der Waals surface area contributed by atoms with Crippen molar-refractivity contribution < 1.29 is 4.79 Å². The van der Waals surface area contributed by atoms with Gasteiger partial charge in [0.25, 0.3) is 0 Å². The van der Waals surface area contributed by atoms with E-state index in [1.165, 1.54) is 4.90 Å². The quantitative estimate of drug-likeness (QED) is 0.856. The van der Waals surface area contributed by atoms with E-state index in [0.29, 0.717) is 0 Å². The molecular formula is C15H16N2O. The molecular weight excluding hydrogens is 224 g/mol. The monoisotopic (exact) mass is 240 g/mol. The van der Waals surface area contributed by atoms with Gasteiger partial charge in [-0.25, -0.2) is 4.79 Å². The van der Waals surface area contributed by atoms with Gasteiger partial charge in [0.2, 0.25) is 0 Å². The molecule has 0 fully saturated rings. The predicted octanol–water partition coefficient (Wildman–Crippen LogP) is 3.45. The Balaban J connectivity index is 2.23. The highest BCUT2D eigenvalue weighted by Crippen LogP contribution is 2.22. The van der Waals surface area contributed by atoms with Gasteiger partial charge in [0.1, 0.15) is 0 Å². The van der Waals surface area contributed by atoms with Gasteiger partial charge >= 0.3 is 6.03 Å². The minimum atomic E-state index is -0.125. The Bertz CT molecular complexity index is 535. The summed E-state index contributed by atoms with van der Waals surface area (Å²) in [6.07, 6.45) is 0. The van der Waals surface area contributed by atoms with Crippen LogP contribution >= 0.6 is 0 Å². The van der Waals surface area contributed by atoms with E-state index in [4.69, 9.17) is 0 Å². The van der Waals surface area contributed by atoms with Crippen LogP contribution in [0.5, 0.6) is 0 Å². The normalized spacial score (nSPS) is 9.89. The van der Waals surface area contributed by atoms with Crippen LogP contribution in [0.25, 0.3) is 11.1 Å². The molecule has 0 heterocycles. The van der Waals surface area contributed by atoms with Gasteiger partial charge in [0, 0.05) is 19.8 Å². The maximum Gasteiger partial charge on any atom is 0.321 e. The molecule has 0 spiro atoms.